The number of ether oxygens (including phenoxy) is 1. The van der Waals surface area contributed by atoms with Crippen molar-refractivity contribution in [1.29, 1.82) is 0 Å². The fourth-order valence-electron chi connectivity index (χ4n) is 2.91. The first-order chi connectivity index (χ1) is 10.7. The molecule has 0 spiro atoms. The van der Waals surface area contributed by atoms with E-state index in [9.17, 15) is 4.79 Å². The van der Waals surface area contributed by atoms with Crippen molar-refractivity contribution in [3.63, 3.8) is 0 Å². The zero-order chi connectivity index (χ0) is 16.8. The Bertz CT molecular complexity index is 750. The van der Waals surface area contributed by atoms with Crippen LogP contribution in [0.2, 0.25) is 0 Å². The van der Waals surface area contributed by atoms with Gasteiger partial charge in [-0.05, 0) is 56.5 Å². The Kier molecular flexibility index (Phi) is 4.08. The van der Waals surface area contributed by atoms with E-state index in [0.29, 0.717) is 6.54 Å². The van der Waals surface area contributed by atoms with Gasteiger partial charge < -0.3 is 9.14 Å². The predicted octanol–water partition coefficient (Wildman–Crippen LogP) is 3.87. The standard InChI is InChI=1S/C16H21BrN4O2/c1-10-14-19-11(8-20(14)9-13(17)18-10)12-6-5-7-21(12)15(22)23-16(2,3)4/h8-9,12H,5-7H2,1-4H3/t12-/m1/s1. The van der Waals surface area contributed by atoms with Crippen molar-refractivity contribution in [2.45, 2.75) is 52.2 Å². The molecule has 1 aliphatic heterocycles. The van der Waals surface area contributed by atoms with Gasteiger partial charge in [0.1, 0.15) is 10.2 Å². The molecule has 3 heterocycles. The van der Waals surface area contributed by atoms with E-state index in [1.54, 1.807) is 4.90 Å². The molecular weight excluding hydrogens is 360 g/mol. The molecule has 2 aromatic rings. The Balaban J connectivity index is 1.91. The van der Waals surface area contributed by atoms with E-state index in [2.05, 4.69) is 20.9 Å². The van der Waals surface area contributed by atoms with Crippen LogP contribution in [0, 0.1) is 6.92 Å². The zero-order valence-corrected chi connectivity index (χ0v) is 15.4. The Morgan fingerprint density at radius 3 is 2.78 bits per heavy atom. The first-order valence-electron chi connectivity index (χ1n) is 7.76. The Labute approximate surface area is 144 Å². The highest BCUT2D eigenvalue weighted by Gasteiger charge is 2.34. The smallest absolute Gasteiger partial charge is 0.410 e. The molecule has 23 heavy (non-hydrogen) atoms. The highest BCUT2D eigenvalue weighted by Crippen LogP contribution is 2.33. The van der Waals surface area contributed by atoms with E-state index in [1.165, 1.54) is 0 Å². The number of carbonyl (C=O) groups excluding carboxylic acids is 1. The molecule has 0 aliphatic carbocycles. The van der Waals surface area contributed by atoms with Crippen LogP contribution in [0.4, 0.5) is 4.79 Å². The third-order valence-electron chi connectivity index (χ3n) is 3.82. The first kappa shape index (κ1) is 16.2. The number of hydrogen-bond acceptors (Lipinski definition) is 4. The number of rotatable bonds is 1. The number of aryl methyl sites for hydroxylation is 1. The summed E-state index contributed by atoms with van der Waals surface area (Å²) >= 11 is 3.40. The van der Waals surface area contributed by atoms with Crippen LogP contribution in [0.15, 0.2) is 17.0 Å². The van der Waals surface area contributed by atoms with Crippen molar-refractivity contribution in [3.8, 4) is 0 Å². The van der Waals surface area contributed by atoms with Crippen molar-refractivity contribution < 1.29 is 9.53 Å². The van der Waals surface area contributed by atoms with Gasteiger partial charge in [0.15, 0.2) is 5.65 Å². The van der Waals surface area contributed by atoms with Crippen molar-refractivity contribution in [2.75, 3.05) is 6.54 Å². The highest BCUT2D eigenvalue weighted by atomic mass is 79.9. The van der Waals surface area contributed by atoms with Gasteiger partial charge in [-0.1, -0.05) is 0 Å². The molecule has 1 fully saturated rings. The molecule has 2 aromatic heterocycles. The predicted molar refractivity (Wildman–Crippen MR) is 90.3 cm³/mol. The summed E-state index contributed by atoms with van der Waals surface area (Å²) in [6.45, 7) is 8.28. The molecule has 1 atom stereocenters. The summed E-state index contributed by atoms with van der Waals surface area (Å²) in [5.41, 5.74) is 2.07. The molecule has 0 unspecified atom stereocenters. The number of hydrogen-bond donors (Lipinski definition) is 0. The van der Waals surface area contributed by atoms with Crippen LogP contribution in [0.25, 0.3) is 5.65 Å². The van der Waals surface area contributed by atoms with Gasteiger partial charge >= 0.3 is 6.09 Å². The van der Waals surface area contributed by atoms with E-state index < -0.39 is 5.60 Å². The average molecular weight is 381 g/mol. The Morgan fingerprint density at radius 1 is 1.35 bits per heavy atom. The molecule has 7 heteroatoms. The van der Waals surface area contributed by atoms with Crippen LogP contribution in [0.3, 0.4) is 0 Å². The second-order valence-corrected chi connectivity index (χ2v) is 7.69. The summed E-state index contributed by atoms with van der Waals surface area (Å²) in [7, 11) is 0. The first-order valence-corrected chi connectivity index (χ1v) is 8.55. The normalized spacial score (nSPS) is 18.7. The summed E-state index contributed by atoms with van der Waals surface area (Å²) in [6.07, 6.45) is 5.44. The van der Waals surface area contributed by atoms with Crippen molar-refractivity contribution >= 4 is 27.7 Å². The average Bonchev–Trinajstić information content (AvgIpc) is 3.00. The lowest BCUT2D eigenvalue weighted by Crippen LogP contribution is -2.36. The van der Waals surface area contributed by atoms with Gasteiger partial charge in [0.2, 0.25) is 0 Å². The number of amides is 1. The summed E-state index contributed by atoms with van der Waals surface area (Å²) in [4.78, 5) is 23.3. The van der Waals surface area contributed by atoms with Crippen LogP contribution in [0.5, 0.6) is 0 Å². The molecular formula is C16H21BrN4O2. The Hall–Kier alpha value is -1.63. The summed E-state index contributed by atoms with van der Waals surface area (Å²) < 4.78 is 8.24. The van der Waals surface area contributed by atoms with Crippen LogP contribution in [-0.4, -0.2) is 37.5 Å². The van der Waals surface area contributed by atoms with E-state index >= 15 is 0 Å². The van der Waals surface area contributed by atoms with Gasteiger partial charge in [0.25, 0.3) is 0 Å². The molecule has 124 valence electrons. The number of halogens is 1. The van der Waals surface area contributed by atoms with Gasteiger partial charge in [-0.2, -0.15) is 0 Å². The molecule has 0 N–H and O–H groups in total. The topological polar surface area (TPSA) is 59.7 Å². The lowest BCUT2D eigenvalue weighted by Gasteiger charge is -2.27. The van der Waals surface area contributed by atoms with Crippen molar-refractivity contribution in [1.82, 2.24) is 19.3 Å². The molecule has 0 radical (unpaired) electrons. The molecule has 1 amide bonds. The second-order valence-electron chi connectivity index (χ2n) is 6.88. The van der Waals surface area contributed by atoms with Crippen LogP contribution < -0.4 is 0 Å². The van der Waals surface area contributed by atoms with Crippen LogP contribution in [-0.2, 0) is 4.74 Å². The van der Waals surface area contributed by atoms with E-state index in [-0.39, 0.29) is 12.1 Å². The van der Waals surface area contributed by atoms with Gasteiger partial charge in [0.05, 0.1) is 17.4 Å². The molecule has 0 bridgehead atoms. The highest BCUT2D eigenvalue weighted by molar-refractivity contribution is 9.10. The van der Waals surface area contributed by atoms with E-state index in [4.69, 9.17) is 9.72 Å². The fourth-order valence-corrected chi connectivity index (χ4v) is 3.39. The number of carbonyl (C=O) groups is 1. The summed E-state index contributed by atoms with van der Waals surface area (Å²) in [6, 6.07) is -0.0390. The number of fused-ring (bicyclic) bond motifs is 1. The largest absolute Gasteiger partial charge is 0.444 e. The van der Waals surface area contributed by atoms with Crippen LogP contribution >= 0.6 is 15.9 Å². The third-order valence-corrected chi connectivity index (χ3v) is 4.20. The van der Waals surface area contributed by atoms with Gasteiger partial charge in [0, 0.05) is 18.9 Å². The number of aromatic nitrogens is 3. The SMILES string of the molecule is Cc1nc(Br)cn2cc([C@H]3CCCN3C(=O)OC(C)(C)C)nc12. The monoisotopic (exact) mass is 380 g/mol. The maximum absolute atomic E-state index is 12.4. The Morgan fingerprint density at radius 2 is 2.09 bits per heavy atom. The number of imidazole rings is 1. The van der Waals surface area contributed by atoms with Gasteiger partial charge in [-0.3, -0.25) is 4.90 Å². The van der Waals surface area contributed by atoms with E-state index in [0.717, 1.165) is 34.5 Å². The lowest BCUT2D eigenvalue weighted by molar-refractivity contribution is 0.0222. The molecule has 0 saturated carbocycles. The van der Waals surface area contributed by atoms with E-state index in [1.807, 2.05) is 44.5 Å². The van der Waals surface area contributed by atoms with Crippen molar-refractivity contribution in [3.05, 3.63) is 28.4 Å². The molecule has 1 aliphatic rings. The molecule has 1 saturated heterocycles. The van der Waals surface area contributed by atoms with Gasteiger partial charge in [-0.25, -0.2) is 14.8 Å². The second kappa shape index (κ2) is 5.78. The quantitative estimate of drug-likeness (QED) is 0.753. The number of nitrogens with zero attached hydrogens (tertiary/aromatic N) is 4. The maximum Gasteiger partial charge on any atom is 0.410 e. The minimum atomic E-state index is -0.492. The minimum absolute atomic E-state index is 0.0390. The fraction of sp³-hybridized carbons (Fsp3) is 0.562. The number of likely N-dealkylation sites (tertiary alicyclic amines) is 1. The van der Waals surface area contributed by atoms with Crippen LogP contribution in [0.1, 0.15) is 51.0 Å². The zero-order valence-electron chi connectivity index (χ0n) is 13.8. The summed E-state index contributed by atoms with van der Waals surface area (Å²) in [5.74, 6) is 0. The van der Waals surface area contributed by atoms with Gasteiger partial charge in [-0.15, -0.1) is 0 Å². The molecule has 3 rings (SSSR count). The lowest BCUT2D eigenvalue weighted by atomic mass is 10.1. The third kappa shape index (κ3) is 3.34. The van der Waals surface area contributed by atoms with Crippen molar-refractivity contribution in [2.24, 2.45) is 0 Å². The minimum Gasteiger partial charge on any atom is -0.444 e. The summed E-state index contributed by atoms with van der Waals surface area (Å²) in [5, 5.41) is 0. The maximum atomic E-state index is 12.4. The molecule has 0 aromatic carbocycles. The molecule has 6 nitrogen and oxygen atoms in total.